The number of nitrogens with one attached hydrogen (secondary N) is 1. The molecule has 0 aromatic heterocycles. The van der Waals surface area contributed by atoms with Crippen molar-refractivity contribution < 1.29 is 17.2 Å². The molecule has 0 spiro atoms. The van der Waals surface area contributed by atoms with Crippen molar-refractivity contribution in [2.24, 2.45) is 0 Å². The highest BCUT2D eigenvalue weighted by Crippen LogP contribution is 2.19. The first kappa shape index (κ1) is 12.6. The third-order valence-corrected chi connectivity index (χ3v) is 3.82. The zero-order chi connectivity index (χ0) is 11.6. The van der Waals surface area contributed by atoms with Crippen LogP contribution in [-0.2, 0) is 10.0 Å². The van der Waals surface area contributed by atoms with E-state index in [2.05, 4.69) is 0 Å². The van der Waals surface area contributed by atoms with Gasteiger partial charge in [0.15, 0.2) is 0 Å². The zero-order valence-electron chi connectivity index (χ0n) is 7.67. The molecule has 0 aliphatic heterocycles. The minimum Gasteiger partial charge on any atom is -0.279 e. The summed E-state index contributed by atoms with van der Waals surface area (Å²) in [7, 11) is -4.57. The minimum atomic E-state index is -4.57. The average Bonchev–Trinajstić information content (AvgIpc) is 2.10. The number of aryl methyl sites for hydroxylation is 1. The highest BCUT2D eigenvalue weighted by Gasteiger charge is 2.23. The van der Waals surface area contributed by atoms with Gasteiger partial charge in [0, 0.05) is 9.26 Å². The number of benzene rings is 1. The molecule has 0 radical (unpaired) electrons. The number of halogens is 3. The summed E-state index contributed by atoms with van der Waals surface area (Å²) >= 11 is 2.00. The number of sulfonamides is 1. The lowest BCUT2D eigenvalue weighted by Crippen LogP contribution is -2.20. The van der Waals surface area contributed by atoms with Crippen LogP contribution in [0, 0.1) is 10.5 Å². The van der Waals surface area contributed by atoms with E-state index < -0.39 is 15.8 Å². The molecule has 0 heterocycles. The molecule has 0 amide bonds. The molecule has 0 bridgehead atoms. The van der Waals surface area contributed by atoms with Gasteiger partial charge >= 0.3 is 5.76 Å². The van der Waals surface area contributed by atoms with Crippen LogP contribution in [0.2, 0.25) is 0 Å². The van der Waals surface area contributed by atoms with E-state index in [1.165, 1.54) is 12.1 Å². The SMILES string of the molecule is Cc1ccc(NS(=O)(=O)C(F)F)cc1I. The largest absolute Gasteiger partial charge is 0.355 e. The molecule has 7 heteroatoms. The Labute approximate surface area is 100 Å². The second-order valence-electron chi connectivity index (χ2n) is 2.87. The summed E-state index contributed by atoms with van der Waals surface area (Å²) in [4.78, 5) is 0. The van der Waals surface area contributed by atoms with Gasteiger partial charge < -0.3 is 0 Å². The fraction of sp³-hybridized carbons (Fsp3) is 0.250. The molecule has 1 N–H and O–H groups in total. The molecular weight excluding hydrogens is 339 g/mol. The summed E-state index contributed by atoms with van der Waals surface area (Å²) in [5.74, 6) is -3.42. The molecule has 15 heavy (non-hydrogen) atoms. The van der Waals surface area contributed by atoms with Crippen molar-refractivity contribution >= 4 is 38.3 Å². The Morgan fingerprint density at radius 3 is 2.47 bits per heavy atom. The number of hydrogen-bond donors (Lipinski definition) is 1. The Balaban J connectivity index is 2.96. The standard InChI is InChI=1S/C8H8F2INO2S/c1-5-2-3-6(4-7(5)11)12-15(13,14)8(9)10/h2-4,8,12H,1H3. The molecule has 0 fully saturated rings. The Bertz CT molecular complexity index is 462. The molecule has 3 nitrogen and oxygen atoms in total. The molecule has 0 saturated heterocycles. The van der Waals surface area contributed by atoms with Crippen LogP contribution in [0.15, 0.2) is 18.2 Å². The van der Waals surface area contributed by atoms with Gasteiger partial charge in [-0.25, -0.2) is 8.42 Å². The van der Waals surface area contributed by atoms with Gasteiger partial charge in [0.2, 0.25) is 0 Å². The number of anilines is 1. The molecule has 1 aromatic carbocycles. The quantitative estimate of drug-likeness (QED) is 0.855. The summed E-state index contributed by atoms with van der Waals surface area (Å²) in [6.45, 7) is 1.84. The van der Waals surface area contributed by atoms with Gasteiger partial charge in [-0.05, 0) is 47.2 Å². The molecule has 1 aromatic rings. The second-order valence-corrected chi connectivity index (χ2v) is 5.68. The number of hydrogen-bond acceptors (Lipinski definition) is 2. The lowest BCUT2D eigenvalue weighted by molar-refractivity contribution is 0.236. The highest BCUT2D eigenvalue weighted by molar-refractivity contribution is 14.1. The summed E-state index contributed by atoms with van der Waals surface area (Å²) in [5, 5.41) is 0. The van der Waals surface area contributed by atoms with Gasteiger partial charge in [-0.2, -0.15) is 8.78 Å². The first-order chi connectivity index (χ1) is 6.83. The van der Waals surface area contributed by atoms with E-state index in [1.54, 1.807) is 10.8 Å². The van der Waals surface area contributed by atoms with Crippen LogP contribution < -0.4 is 4.72 Å². The van der Waals surface area contributed by atoms with E-state index in [1.807, 2.05) is 29.5 Å². The van der Waals surface area contributed by atoms with Gasteiger partial charge in [0.05, 0.1) is 0 Å². The summed E-state index contributed by atoms with van der Waals surface area (Å²) in [5.41, 5.74) is 1.10. The Kier molecular flexibility index (Phi) is 3.87. The van der Waals surface area contributed by atoms with Gasteiger partial charge in [0.25, 0.3) is 10.0 Å². The summed E-state index contributed by atoms with van der Waals surface area (Å²) < 4.78 is 48.3. The number of alkyl halides is 2. The van der Waals surface area contributed by atoms with Crippen molar-refractivity contribution in [1.82, 2.24) is 0 Å². The number of rotatable bonds is 3. The molecule has 0 aliphatic carbocycles. The maximum absolute atomic E-state index is 12.0. The third kappa shape index (κ3) is 3.26. The Morgan fingerprint density at radius 2 is 2.00 bits per heavy atom. The lowest BCUT2D eigenvalue weighted by Gasteiger charge is -2.07. The van der Waals surface area contributed by atoms with Crippen molar-refractivity contribution in [3.8, 4) is 0 Å². The smallest absolute Gasteiger partial charge is 0.279 e. The van der Waals surface area contributed by atoms with Crippen LogP contribution >= 0.6 is 22.6 Å². The fourth-order valence-corrected chi connectivity index (χ4v) is 1.93. The summed E-state index contributed by atoms with van der Waals surface area (Å²) in [6, 6.07) is 4.60. The zero-order valence-corrected chi connectivity index (χ0v) is 10.6. The fourth-order valence-electron chi connectivity index (χ4n) is 0.865. The van der Waals surface area contributed by atoms with Crippen molar-refractivity contribution in [2.75, 3.05) is 4.72 Å². The van der Waals surface area contributed by atoms with E-state index in [0.29, 0.717) is 0 Å². The van der Waals surface area contributed by atoms with Gasteiger partial charge in [-0.3, -0.25) is 4.72 Å². The minimum absolute atomic E-state index is 0.144. The maximum Gasteiger partial charge on any atom is 0.355 e. The third-order valence-electron chi connectivity index (χ3n) is 1.67. The van der Waals surface area contributed by atoms with E-state index in [-0.39, 0.29) is 5.69 Å². The normalized spacial score (nSPS) is 11.8. The van der Waals surface area contributed by atoms with E-state index >= 15 is 0 Å². The van der Waals surface area contributed by atoms with Gasteiger partial charge in [-0.1, -0.05) is 6.07 Å². The lowest BCUT2D eigenvalue weighted by atomic mass is 10.2. The second kappa shape index (κ2) is 4.60. The molecule has 0 saturated carbocycles. The van der Waals surface area contributed by atoms with E-state index in [9.17, 15) is 17.2 Å². The molecular formula is C8H8F2INO2S. The average molecular weight is 347 g/mol. The van der Waals surface area contributed by atoms with Crippen LogP contribution in [0.4, 0.5) is 14.5 Å². The Hall–Kier alpha value is -0.440. The van der Waals surface area contributed by atoms with Crippen molar-refractivity contribution in [2.45, 2.75) is 12.7 Å². The van der Waals surface area contributed by atoms with E-state index in [4.69, 9.17) is 0 Å². The maximum atomic E-state index is 12.0. The van der Waals surface area contributed by atoms with Crippen LogP contribution in [0.5, 0.6) is 0 Å². The van der Waals surface area contributed by atoms with Crippen molar-refractivity contribution in [3.05, 3.63) is 27.3 Å². The van der Waals surface area contributed by atoms with Crippen LogP contribution in [0.3, 0.4) is 0 Å². The van der Waals surface area contributed by atoms with Crippen LogP contribution in [-0.4, -0.2) is 14.2 Å². The molecule has 84 valence electrons. The van der Waals surface area contributed by atoms with Crippen LogP contribution in [0.25, 0.3) is 0 Å². The molecule has 0 unspecified atom stereocenters. The van der Waals surface area contributed by atoms with E-state index in [0.717, 1.165) is 9.13 Å². The highest BCUT2D eigenvalue weighted by atomic mass is 127. The topological polar surface area (TPSA) is 46.2 Å². The summed E-state index contributed by atoms with van der Waals surface area (Å²) in [6.07, 6.45) is 0. The monoisotopic (exact) mass is 347 g/mol. The van der Waals surface area contributed by atoms with Gasteiger partial charge in [-0.15, -0.1) is 0 Å². The Morgan fingerprint density at radius 1 is 1.40 bits per heavy atom. The molecule has 1 rings (SSSR count). The van der Waals surface area contributed by atoms with Gasteiger partial charge in [0.1, 0.15) is 0 Å². The predicted molar refractivity (Wildman–Crippen MR) is 62.4 cm³/mol. The van der Waals surface area contributed by atoms with Crippen molar-refractivity contribution in [1.29, 1.82) is 0 Å². The van der Waals surface area contributed by atoms with Crippen molar-refractivity contribution in [3.63, 3.8) is 0 Å². The first-order valence-corrected chi connectivity index (χ1v) is 6.51. The van der Waals surface area contributed by atoms with Crippen LogP contribution in [0.1, 0.15) is 5.56 Å². The predicted octanol–water partition coefficient (Wildman–Crippen LogP) is 2.56. The molecule has 0 atom stereocenters. The first-order valence-electron chi connectivity index (χ1n) is 3.89. The molecule has 0 aliphatic rings.